The molecule has 1 aromatic heterocycles. The number of rotatable bonds is 11. The number of hydrogen-bond donors (Lipinski definition) is 3. The van der Waals surface area contributed by atoms with Gasteiger partial charge in [-0.25, -0.2) is 4.90 Å². The number of aliphatic hydroxyl groups excluding tert-OH is 2. The van der Waals surface area contributed by atoms with Crippen LogP contribution in [0, 0.1) is 27.9 Å². The zero-order chi connectivity index (χ0) is 32.2. The van der Waals surface area contributed by atoms with Crippen LogP contribution in [0.2, 0.25) is 5.02 Å². The first-order chi connectivity index (χ1) is 21.6. The number of phenols is 1. The van der Waals surface area contributed by atoms with E-state index in [-0.39, 0.29) is 30.0 Å². The van der Waals surface area contributed by atoms with Gasteiger partial charge in [0, 0.05) is 24.2 Å². The molecule has 4 atom stereocenters. The molecule has 0 bridgehead atoms. The molecule has 2 aromatic carbocycles. The van der Waals surface area contributed by atoms with Crippen molar-refractivity contribution in [2.45, 2.75) is 45.1 Å². The molecule has 45 heavy (non-hydrogen) atoms. The van der Waals surface area contributed by atoms with Crippen molar-refractivity contribution in [2.24, 2.45) is 17.8 Å². The van der Waals surface area contributed by atoms with E-state index in [1.54, 1.807) is 18.3 Å². The molecule has 2 amide bonds. The molecular formula is C34H34ClN3O7. The summed E-state index contributed by atoms with van der Waals surface area (Å²) < 4.78 is 0. The molecule has 3 aromatic rings. The highest BCUT2D eigenvalue weighted by Crippen LogP contribution is 2.48. The number of carbonyl (C=O) groups is 2. The van der Waals surface area contributed by atoms with Gasteiger partial charge >= 0.3 is 0 Å². The first-order valence-corrected chi connectivity index (χ1v) is 15.3. The van der Waals surface area contributed by atoms with E-state index in [0.717, 1.165) is 22.5 Å². The van der Waals surface area contributed by atoms with Gasteiger partial charge in [-0.05, 0) is 84.9 Å². The SMILES string of the molecule is CCCC1=C([C@H](O)CC/C(=C/c2ccc(O)cc2Cl)c2ccccn2)[C@H](CO)[C@@H]2C(=O)N(c3cccc([N+](=O)[O-])c3)C(=O)[C@@H]2C1. The maximum Gasteiger partial charge on any atom is 0.271 e. The van der Waals surface area contributed by atoms with E-state index < -0.39 is 47.2 Å². The highest BCUT2D eigenvalue weighted by Gasteiger charge is 2.55. The molecule has 1 fully saturated rings. The number of amides is 2. The molecule has 2 heterocycles. The third kappa shape index (κ3) is 6.54. The number of hydrogen-bond acceptors (Lipinski definition) is 8. The Kier molecular flexibility index (Phi) is 9.77. The molecule has 0 saturated carbocycles. The van der Waals surface area contributed by atoms with Crippen molar-refractivity contribution in [3.8, 4) is 5.75 Å². The quantitative estimate of drug-likeness (QED) is 0.102. The lowest BCUT2D eigenvalue weighted by Crippen LogP contribution is -2.39. The molecular weight excluding hydrogens is 598 g/mol. The molecule has 10 nitrogen and oxygen atoms in total. The Morgan fingerprint density at radius 1 is 1.16 bits per heavy atom. The van der Waals surface area contributed by atoms with E-state index in [1.165, 1.54) is 36.4 Å². The number of phenolic OH excluding ortho intramolecular Hbond substituents is 1. The van der Waals surface area contributed by atoms with Crippen LogP contribution >= 0.6 is 11.6 Å². The molecule has 5 rings (SSSR count). The first-order valence-electron chi connectivity index (χ1n) is 14.9. The van der Waals surface area contributed by atoms with Gasteiger partial charge in [-0.2, -0.15) is 0 Å². The second-order valence-electron chi connectivity index (χ2n) is 11.4. The van der Waals surface area contributed by atoms with Crippen molar-refractivity contribution in [1.29, 1.82) is 0 Å². The summed E-state index contributed by atoms with van der Waals surface area (Å²) in [5.74, 6) is -3.41. The van der Waals surface area contributed by atoms with Gasteiger partial charge in [-0.1, -0.05) is 42.7 Å². The van der Waals surface area contributed by atoms with Gasteiger partial charge in [0.1, 0.15) is 5.75 Å². The molecule has 1 saturated heterocycles. The van der Waals surface area contributed by atoms with Crippen LogP contribution in [0.1, 0.15) is 50.3 Å². The van der Waals surface area contributed by atoms with Crippen LogP contribution in [-0.4, -0.2) is 49.8 Å². The standard InChI is InChI=1S/C34H34ClN3O7/c1-2-6-22-16-26-32(34(43)37(33(26)42)23-7-5-8-24(17-23)38(44)45)27(19-39)31(22)30(41)13-11-21(29-9-3-4-14-36-29)15-20-10-12-25(40)18-28(20)35/h3-5,7-10,12,14-15,17-18,26-27,30,32,39-41H,2,6,11,13,16,19H2,1H3/b21-15-/t26-,27+,30-,32-/m1/s1. The summed E-state index contributed by atoms with van der Waals surface area (Å²) in [6.07, 6.45) is 4.67. The lowest BCUT2D eigenvalue weighted by atomic mass is 9.67. The fourth-order valence-electron chi connectivity index (χ4n) is 6.59. The van der Waals surface area contributed by atoms with Crippen molar-refractivity contribution in [3.63, 3.8) is 0 Å². The Morgan fingerprint density at radius 2 is 1.96 bits per heavy atom. The Bertz CT molecular complexity index is 1670. The van der Waals surface area contributed by atoms with Crippen LogP contribution in [0.15, 0.2) is 78.0 Å². The number of aliphatic hydroxyl groups is 2. The number of non-ortho nitro benzene ring substituents is 1. The monoisotopic (exact) mass is 631 g/mol. The van der Waals surface area contributed by atoms with Gasteiger partial charge in [-0.3, -0.25) is 24.7 Å². The lowest BCUT2D eigenvalue weighted by Gasteiger charge is -2.36. The van der Waals surface area contributed by atoms with E-state index in [4.69, 9.17) is 11.6 Å². The van der Waals surface area contributed by atoms with Crippen molar-refractivity contribution in [3.05, 3.63) is 104 Å². The van der Waals surface area contributed by atoms with E-state index in [2.05, 4.69) is 4.98 Å². The fraction of sp³-hybridized carbons (Fsp3) is 0.324. The summed E-state index contributed by atoms with van der Waals surface area (Å²) in [4.78, 5) is 43.7. The van der Waals surface area contributed by atoms with Crippen molar-refractivity contribution < 1.29 is 29.8 Å². The summed E-state index contributed by atoms with van der Waals surface area (Å²) in [7, 11) is 0. The van der Waals surface area contributed by atoms with Crippen LogP contribution in [0.4, 0.5) is 11.4 Å². The number of benzene rings is 2. The minimum Gasteiger partial charge on any atom is -0.508 e. The number of carbonyl (C=O) groups excluding carboxylic acids is 2. The number of nitro benzene ring substituents is 1. The predicted molar refractivity (Wildman–Crippen MR) is 170 cm³/mol. The van der Waals surface area contributed by atoms with Gasteiger partial charge < -0.3 is 15.3 Å². The summed E-state index contributed by atoms with van der Waals surface area (Å²) in [5, 5.41) is 43.9. The van der Waals surface area contributed by atoms with Crippen LogP contribution < -0.4 is 4.90 Å². The molecule has 1 aliphatic carbocycles. The Hall–Kier alpha value is -4.38. The highest BCUT2D eigenvalue weighted by atomic mass is 35.5. The highest BCUT2D eigenvalue weighted by molar-refractivity contribution is 6.32. The normalized spacial score (nSPS) is 20.8. The Balaban J connectivity index is 1.46. The lowest BCUT2D eigenvalue weighted by molar-refractivity contribution is -0.384. The Morgan fingerprint density at radius 3 is 2.62 bits per heavy atom. The number of nitro groups is 1. The fourth-order valence-corrected chi connectivity index (χ4v) is 6.82. The maximum absolute atomic E-state index is 13.8. The largest absolute Gasteiger partial charge is 0.508 e. The van der Waals surface area contributed by atoms with E-state index >= 15 is 0 Å². The zero-order valence-corrected chi connectivity index (χ0v) is 25.4. The average Bonchev–Trinajstić information content (AvgIpc) is 3.28. The molecule has 11 heteroatoms. The van der Waals surface area contributed by atoms with Gasteiger partial charge in [0.2, 0.25) is 11.8 Å². The van der Waals surface area contributed by atoms with Crippen LogP contribution in [0.5, 0.6) is 5.75 Å². The van der Waals surface area contributed by atoms with Crippen molar-refractivity contribution >= 4 is 46.4 Å². The van der Waals surface area contributed by atoms with E-state index in [1.807, 2.05) is 25.1 Å². The van der Waals surface area contributed by atoms with Crippen LogP contribution in [0.25, 0.3) is 11.6 Å². The van der Waals surface area contributed by atoms with Gasteiger partial charge in [0.05, 0.1) is 45.9 Å². The van der Waals surface area contributed by atoms with Gasteiger partial charge in [0.25, 0.3) is 5.69 Å². The third-order valence-electron chi connectivity index (χ3n) is 8.59. The summed E-state index contributed by atoms with van der Waals surface area (Å²) >= 11 is 6.39. The third-order valence-corrected chi connectivity index (χ3v) is 8.91. The maximum atomic E-state index is 13.8. The second kappa shape index (κ2) is 13.7. The molecule has 3 N–H and O–H groups in total. The predicted octanol–water partition coefficient (Wildman–Crippen LogP) is 5.95. The smallest absolute Gasteiger partial charge is 0.271 e. The number of fused-ring (bicyclic) bond motifs is 1. The van der Waals surface area contributed by atoms with Crippen molar-refractivity contribution in [1.82, 2.24) is 4.98 Å². The first kappa shape index (κ1) is 32.0. The number of aromatic hydroxyl groups is 1. The van der Waals surface area contributed by atoms with Gasteiger partial charge in [-0.15, -0.1) is 0 Å². The number of pyridine rings is 1. The molecule has 2 aliphatic rings. The van der Waals surface area contributed by atoms with Crippen LogP contribution in [-0.2, 0) is 9.59 Å². The Labute approximate surface area is 265 Å². The number of imide groups is 1. The number of anilines is 1. The minimum absolute atomic E-state index is 0.0389. The molecule has 0 unspecified atom stereocenters. The summed E-state index contributed by atoms with van der Waals surface area (Å²) in [6, 6.07) is 15.6. The number of nitrogens with zero attached hydrogens (tertiary/aromatic N) is 3. The van der Waals surface area contributed by atoms with Crippen molar-refractivity contribution in [2.75, 3.05) is 11.5 Å². The van der Waals surface area contributed by atoms with Gasteiger partial charge in [0.15, 0.2) is 0 Å². The zero-order valence-electron chi connectivity index (χ0n) is 24.7. The average molecular weight is 632 g/mol. The number of aromatic nitrogens is 1. The summed E-state index contributed by atoms with van der Waals surface area (Å²) in [5.41, 5.74) is 3.43. The molecule has 234 valence electrons. The molecule has 1 aliphatic heterocycles. The number of allylic oxidation sites excluding steroid dienone is 2. The topological polar surface area (TPSA) is 154 Å². The second-order valence-corrected chi connectivity index (χ2v) is 11.8. The molecule has 0 spiro atoms. The van der Waals surface area contributed by atoms with E-state index in [9.17, 15) is 35.0 Å². The van der Waals surface area contributed by atoms with E-state index in [0.29, 0.717) is 34.7 Å². The number of halogens is 1. The van der Waals surface area contributed by atoms with Crippen LogP contribution in [0.3, 0.4) is 0 Å². The molecule has 0 radical (unpaired) electrons. The summed E-state index contributed by atoms with van der Waals surface area (Å²) in [6.45, 7) is 1.53. The minimum atomic E-state index is -1.03.